The molecule has 0 aliphatic carbocycles. The molecule has 0 saturated heterocycles. The summed E-state index contributed by atoms with van der Waals surface area (Å²) in [5, 5.41) is 0. The molecule has 0 aliphatic rings. The molecule has 1 heterocycles. The molecule has 6 nitrogen and oxygen atoms in total. The zero-order valence-corrected chi connectivity index (χ0v) is 14.7. The minimum Gasteiger partial charge on any atom is -0.457 e. The molecular formula is C19H21N3O3. The summed E-state index contributed by atoms with van der Waals surface area (Å²) in [7, 11) is 0. The number of aromatic nitrogens is 2. The van der Waals surface area contributed by atoms with Crippen LogP contribution >= 0.6 is 0 Å². The molecular weight excluding hydrogens is 318 g/mol. The van der Waals surface area contributed by atoms with E-state index in [1.807, 2.05) is 45.9 Å². The molecule has 0 saturated carbocycles. The van der Waals surface area contributed by atoms with E-state index in [1.54, 1.807) is 18.2 Å². The summed E-state index contributed by atoms with van der Waals surface area (Å²) in [6, 6.07) is 10.8. The second-order valence-corrected chi connectivity index (χ2v) is 6.87. The highest BCUT2D eigenvalue weighted by molar-refractivity contribution is 5.87. The third-order valence-electron chi connectivity index (χ3n) is 3.54. The molecule has 2 N–H and O–H groups in total. The van der Waals surface area contributed by atoms with Gasteiger partial charge in [0.1, 0.15) is 23.4 Å². The van der Waals surface area contributed by atoms with Crippen LogP contribution in [0.2, 0.25) is 0 Å². The molecule has 130 valence electrons. The van der Waals surface area contributed by atoms with Gasteiger partial charge in [-0.25, -0.2) is 14.3 Å². The summed E-state index contributed by atoms with van der Waals surface area (Å²) in [5.41, 5.74) is 8.11. The van der Waals surface area contributed by atoms with Crippen molar-refractivity contribution < 1.29 is 14.3 Å². The molecule has 3 rings (SSSR count). The lowest BCUT2D eigenvalue weighted by molar-refractivity contribution is 0.0543. The van der Waals surface area contributed by atoms with E-state index in [1.165, 1.54) is 10.9 Å². The number of nitrogen functional groups attached to an aromatic ring is 1. The Morgan fingerprint density at radius 2 is 1.92 bits per heavy atom. The van der Waals surface area contributed by atoms with Crippen LogP contribution < -0.4 is 10.5 Å². The largest absolute Gasteiger partial charge is 0.457 e. The molecule has 0 unspecified atom stereocenters. The molecule has 0 aliphatic heterocycles. The van der Waals surface area contributed by atoms with Crippen LogP contribution in [0, 0.1) is 6.92 Å². The molecule has 6 heteroatoms. The van der Waals surface area contributed by atoms with Crippen LogP contribution in [0.3, 0.4) is 0 Å². The fraction of sp³-hybridized carbons (Fsp3) is 0.263. The molecule has 0 spiro atoms. The van der Waals surface area contributed by atoms with Crippen LogP contribution in [0.5, 0.6) is 11.5 Å². The number of fused-ring (bicyclic) bond motifs is 1. The number of ether oxygens (including phenoxy) is 2. The maximum absolute atomic E-state index is 12.3. The number of benzene rings is 2. The lowest BCUT2D eigenvalue weighted by Crippen LogP contribution is -2.26. The maximum atomic E-state index is 12.3. The highest BCUT2D eigenvalue weighted by atomic mass is 16.6. The summed E-state index contributed by atoms with van der Waals surface area (Å²) in [4.78, 5) is 16.6. The number of carbonyl (C=O) groups is 1. The molecule has 0 amide bonds. The predicted molar refractivity (Wildman–Crippen MR) is 97.0 cm³/mol. The van der Waals surface area contributed by atoms with E-state index in [-0.39, 0.29) is 0 Å². The highest BCUT2D eigenvalue weighted by Gasteiger charge is 2.19. The minimum absolute atomic E-state index is 0.476. The number of anilines is 1. The number of hydrogen-bond donors (Lipinski definition) is 1. The average molecular weight is 339 g/mol. The van der Waals surface area contributed by atoms with Crippen LogP contribution in [0.15, 0.2) is 42.7 Å². The van der Waals surface area contributed by atoms with Gasteiger partial charge in [0.05, 0.1) is 11.0 Å². The van der Waals surface area contributed by atoms with Crippen LogP contribution in [-0.4, -0.2) is 21.2 Å². The average Bonchev–Trinajstić information content (AvgIpc) is 2.91. The van der Waals surface area contributed by atoms with Crippen molar-refractivity contribution in [3.63, 3.8) is 0 Å². The van der Waals surface area contributed by atoms with Gasteiger partial charge in [-0.1, -0.05) is 0 Å². The highest BCUT2D eigenvalue weighted by Crippen LogP contribution is 2.29. The van der Waals surface area contributed by atoms with Crippen molar-refractivity contribution in [1.82, 2.24) is 9.55 Å². The summed E-state index contributed by atoms with van der Waals surface area (Å²) in [6.45, 7) is 7.39. The SMILES string of the molecule is Cc1cc(N)ccc1Oc1ccc2ncn(C(=O)OC(C)(C)C)c2c1. The Morgan fingerprint density at radius 3 is 2.60 bits per heavy atom. The Balaban J connectivity index is 1.93. The Morgan fingerprint density at radius 1 is 1.16 bits per heavy atom. The van der Waals surface area contributed by atoms with Crippen molar-refractivity contribution in [2.75, 3.05) is 5.73 Å². The fourth-order valence-electron chi connectivity index (χ4n) is 2.42. The number of hydrogen-bond acceptors (Lipinski definition) is 5. The molecule has 25 heavy (non-hydrogen) atoms. The van der Waals surface area contributed by atoms with Gasteiger partial charge in [0.15, 0.2) is 0 Å². The smallest absolute Gasteiger partial charge is 0.420 e. The van der Waals surface area contributed by atoms with Crippen LogP contribution in [0.4, 0.5) is 10.5 Å². The first kappa shape index (κ1) is 16.8. The van der Waals surface area contributed by atoms with Crippen molar-refractivity contribution in [3.8, 4) is 11.5 Å². The van der Waals surface area contributed by atoms with Crippen LogP contribution in [-0.2, 0) is 4.74 Å². The van der Waals surface area contributed by atoms with Crippen molar-refractivity contribution in [2.24, 2.45) is 0 Å². The number of aryl methyl sites for hydroxylation is 1. The molecule has 1 aromatic heterocycles. The first-order valence-corrected chi connectivity index (χ1v) is 7.97. The van der Waals surface area contributed by atoms with Gasteiger partial charge in [0.2, 0.25) is 0 Å². The van der Waals surface area contributed by atoms with Crippen molar-refractivity contribution in [1.29, 1.82) is 0 Å². The van der Waals surface area contributed by atoms with E-state index in [2.05, 4.69) is 4.98 Å². The molecule has 0 fully saturated rings. The van der Waals surface area contributed by atoms with E-state index in [9.17, 15) is 4.79 Å². The Labute approximate surface area is 146 Å². The van der Waals surface area contributed by atoms with E-state index in [0.29, 0.717) is 28.2 Å². The maximum Gasteiger partial charge on any atom is 0.420 e. The van der Waals surface area contributed by atoms with Gasteiger partial charge in [-0.3, -0.25) is 0 Å². The van der Waals surface area contributed by atoms with Crippen molar-refractivity contribution in [2.45, 2.75) is 33.3 Å². The predicted octanol–water partition coefficient (Wildman–Crippen LogP) is 4.50. The van der Waals surface area contributed by atoms with E-state index < -0.39 is 11.7 Å². The second-order valence-electron chi connectivity index (χ2n) is 6.87. The van der Waals surface area contributed by atoms with Crippen molar-refractivity contribution >= 4 is 22.8 Å². The van der Waals surface area contributed by atoms with Gasteiger partial charge < -0.3 is 15.2 Å². The second kappa shape index (κ2) is 6.12. The van der Waals surface area contributed by atoms with E-state index in [0.717, 1.165) is 5.56 Å². The minimum atomic E-state index is -0.580. The van der Waals surface area contributed by atoms with Gasteiger partial charge in [-0.15, -0.1) is 0 Å². The number of imidazole rings is 1. The third-order valence-corrected chi connectivity index (χ3v) is 3.54. The molecule has 0 radical (unpaired) electrons. The van der Waals surface area contributed by atoms with Gasteiger partial charge >= 0.3 is 6.09 Å². The zero-order chi connectivity index (χ0) is 18.2. The summed E-state index contributed by atoms with van der Waals surface area (Å²) in [6.07, 6.45) is 0.979. The lowest BCUT2D eigenvalue weighted by atomic mass is 10.2. The van der Waals surface area contributed by atoms with Crippen molar-refractivity contribution in [3.05, 3.63) is 48.3 Å². The fourth-order valence-corrected chi connectivity index (χ4v) is 2.42. The van der Waals surface area contributed by atoms with Gasteiger partial charge in [0, 0.05) is 11.8 Å². The number of carbonyl (C=O) groups excluding carboxylic acids is 1. The lowest BCUT2D eigenvalue weighted by Gasteiger charge is -2.19. The quantitative estimate of drug-likeness (QED) is 0.695. The van der Waals surface area contributed by atoms with Gasteiger partial charge in [-0.2, -0.15) is 0 Å². The Kier molecular flexibility index (Phi) is 4.12. The standard InChI is InChI=1S/C19H21N3O3/c1-12-9-13(20)5-8-17(12)24-14-6-7-15-16(10-14)22(11-21-15)18(23)25-19(2,3)4/h5-11H,20H2,1-4H3. The summed E-state index contributed by atoms with van der Waals surface area (Å²) >= 11 is 0. The van der Waals surface area contributed by atoms with E-state index in [4.69, 9.17) is 15.2 Å². The number of nitrogens with two attached hydrogens (primary N) is 1. The Hall–Kier alpha value is -3.02. The first-order valence-electron chi connectivity index (χ1n) is 7.97. The van der Waals surface area contributed by atoms with Gasteiger partial charge in [-0.05, 0) is 63.6 Å². The summed E-state index contributed by atoms with van der Waals surface area (Å²) < 4.78 is 12.7. The zero-order valence-electron chi connectivity index (χ0n) is 14.7. The normalized spacial score (nSPS) is 11.5. The monoisotopic (exact) mass is 339 g/mol. The Bertz CT molecular complexity index is 939. The third kappa shape index (κ3) is 3.74. The van der Waals surface area contributed by atoms with Crippen LogP contribution in [0.25, 0.3) is 11.0 Å². The van der Waals surface area contributed by atoms with Crippen LogP contribution in [0.1, 0.15) is 26.3 Å². The van der Waals surface area contributed by atoms with E-state index >= 15 is 0 Å². The molecule has 2 aromatic carbocycles. The topological polar surface area (TPSA) is 79.4 Å². The number of rotatable bonds is 2. The molecule has 0 atom stereocenters. The molecule has 0 bridgehead atoms. The van der Waals surface area contributed by atoms with Gasteiger partial charge in [0.25, 0.3) is 0 Å². The molecule has 3 aromatic rings. The summed E-state index contributed by atoms with van der Waals surface area (Å²) in [5.74, 6) is 1.31. The first-order chi connectivity index (χ1) is 11.7. The number of nitrogens with zero attached hydrogens (tertiary/aromatic N) is 2.